The lowest BCUT2D eigenvalue weighted by Gasteiger charge is -2.09. The molecule has 0 amide bonds. The van der Waals surface area contributed by atoms with Gasteiger partial charge in [-0.1, -0.05) is 0 Å². The van der Waals surface area contributed by atoms with Crippen molar-refractivity contribution in [3.05, 3.63) is 36.0 Å². The van der Waals surface area contributed by atoms with Gasteiger partial charge in [-0.3, -0.25) is 0 Å². The van der Waals surface area contributed by atoms with E-state index in [4.69, 9.17) is 5.73 Å². The van der Waals surface area contributed by atoms with Gasteiger partial charge in [-0.15, -0.1) is 0 Å². The zero-order valence-electron chi connectivity index (χ0n) is 10.8. The minimum absolute atomic E-state index is 0.207. The van der Waals surface area contributed by atoms with Gasteiger partial charge in [0.15, 0.2) is 11.5 Å². The molecule has 3 N–H and O–H groups in total. The number of esters is 1. The van der Waals surface area contributed by atoms with Crippen molar-refractivity contribution in [2.24, 2.45) is 7.05 Å². The van der Waals surface area contributed by atoms with Crippen LogP contribution in [0.4, 0.5) is 11.5 Å². The molecule has 0 bridgehead atoms. The smallest absolute Gasteiger partial charge is 0.356 e. The van der Waals surface area contributed by atoms with Crippen molar-refractivity contribution < 1.29 is 9.53 Å². The Labute approximate surface area is 110 Å². The molecule has 0 aliphatic carbocycles. The lowest BCUT2D eigenvalue weighted by Crippen LogP contribution is -2.11. The normalized spacial score (nSPS) is 10.2. The third-order valence-corrected chi connectivity index (χ3v) is 2.66. The molecule has 0 aliphatic heterocycles. The number of methoxy groups -OCH3 is 1. The lowest BCUT2D eigenvalue weighted by molar-refractivity contribution is 0.0594. The van der Waals surface area contributed by atoms with Crippen LogP contribution < -0.4 is 11.1 Å². The van der Waals surface area contributed by atoms with Gasteiger partial charge >= 0.3 is 5.97 Å². The van der Waals surface area contributed by atoms with E-state index in [-0.39, 0.29) is 5.69 Å². The minimum atomic E-state index is -0.500. The van der Waals surface area contributed by atoms with Gasteiger partial charge in [0.2, 0.25) is 0 Å². The molecule has 2 aromatic heterocycles. The van der Waals surface area contributed by atoms with Crippen molar-refractivity contribution in [1.82, 2.24) is 14.5 Å². The first kappa shape index (κ1) is 12.9. The quantitative estimate of drug-likeness (QED) is 0.790. The first-order valence-corrected chi connectivity index (χ1v) is 5.66. The number of carbonyl (C=O) groups is 1. The van der Waals surface area contributed by atoms with E-state index in [1.807, 2.05) is 17.8 Å². The van der Waals surface area contributed by atoms with Crippen LogP contribution in [-0.4, -0.2) is 27.6 Å². The van der Waals surface area contributed by atoms with Gasteiger partial charge in [-0.2, -0.15) is 0 Å². The fraction of sp³-hybridized carbons (Fsp3) is 0.250. The number of imidazole rings is 1. The molecule has 0 spiro atoms. The number of nitrogens with one attached hydrogen (secondary N) is 1. The number of aromatic nitrogens is 3. The van der Waals surface area contributed by atoms with Crippen LogP contribution in [0.2, 0.25) is 0 Å². The number of hydrogen-bond donors (Lipinski definition) is 2. The monoisotopic (exact) mass is 261 g/mol. The number of aryl methyl sites for hydroxylation is 1. The maximum atomic E-state index is 11.4. The summed E-state index contributed by atoms with van der Waals surface area (Å²) in [6.45, 7) is 0.464. The van der Waals surface area contributed by atoms with Crippen molar-refractivity contribution >= 4 is 17.5 Å². The van der Waals surface area contributed by atoms with Gasteiger partial charge in [-0.25, -0.2) is 14.8 Å². The van der Waals surface area contributed by atoms with E-state index in [1.54, 1.807) is 12.3 Å². The van der Waals surface area contributed by atoms with Gasteiger partial charge in [0.25, 0.3) is 0 Å². The molecule has 0 aromatic carbocycles. The van der Waals surface area contributed by atoms with Crippen LogP contribution in [0, 0.1) is 0 Å². The van der Waals surface area contributed by atoms with Crippen LogP contribution in [0.5, 0.6) is 0 Å². The van der Waals surface area contributed by atoms with E-state index in [0.717, 1.165) is 5.82 Å². The molecule has 2 heterocycles. The molecule has 0 unspecified atom stereocenters. The Kier molecular flexibility index (Phi) is 3.65. The number of hydrogen-bond acceptors (Lipinski definition) is 6. The number of rotatable bonds is 4. The molecule has 2 rings (SSSR count). The van der Waals surface area contributed by atoms with Gasteiger partial charge in [-0.05, 0) is 12.1 Å². The van der Waals surface area contributed by atoms with Gasteiger partial charge < -0.3 is 20.4 Å². The Hall–Kier alpha value is -2.57. The number of ether oxygens (including phenoxy) is 1. The van der Waals surface area contributed by atoms with Crippen LogP contribution in [0.1, 0.15) is 16.3 Å². The molecule has 0 saturated heterocycles. The summed E-state index contributed by atoms with van der Waals surface area (Å²) in [5.74, 6) is 0.774. The van der Waals surface area contributed by atoms with E-state index in [1.165, 1.54) is 13.2 Å². The Balaban J connectivity index is 2.15. The van der Waals surface area contributed by atoms with Crippen molar-refractivity contribution in [3.63, 3.8) is 0 Å². The SMILES string of the molecule is COC(=O)c1ccc(N)c(NCc2nccn2C)n1. The summed E-state index contributed by atoms with van der Waals surface area (Å²) in [7, 11) is 3.20. The highest BCUT2D eigenvalue weighted by Gasteiger charge is 2.10. The molecule has 0 atom stereocenters. The third-order valence-electron chi connectivity index (χ3n) is 2.66. The van der Waals surface area contributed by atoms with Crippen LogP contribution >= 0.6 is 0 Å². The fourth-order valence-electron chi connectivity index (χ4n) is 1.56. The molecule has 7 nitrogen and oxygen atoms in total. The number of pyridine rings is 1. The summed E-state index contributed by atoms with van der Waals surface area (Å²) in [6.07, 6.45) is 3.55. The van der Waals surface area contributed by atoms with Crippen molar-refractivity contribution in [2.45, 2.75) is 6.54 Å². The highest BCUT2D eigenvalue weighted by Crippen LogP contribution is 2.16. The molecule has 0 saturated carbocycles. The second-order valence-corrected chi connectivity index (χ2v) is 3.93. The predicted octanol–water partition coefficient (Wildman–Crippen LogP) is 0.796. The molecule has 19 heavy (non-hydrogen) atoms. The molecule has 7 heteroatoms. The van der Waals surface area contributed by atoms with Crippen LogP contribution in [0.3, 0.4) is 0 Å². The summed E-state index contributed by atoms with van der Waals surface area (Å²) in [4.78, 5) is 19.7. The summed E-state index contributed by atoms with van der Waals surface area (Å²) in [6, 6.07) is 3.13. The van der Waals surface area contributed by atoms with Crippen LogP contribution in [-0.2, 0) is 18.3 Å². The van der Waals surface area contributed by atoms with Crippen molar-refractivity contribution in [1.29, 1.82) is 0 Å². The van der Waals surface area contributed by atoms with E-state index in [2.05, 4.69) is 20.0 Å². The maximum Gasteiger partial charge on any atom is 0.356 e. The zero-order valence-corrected chi connectivity index (χ0v) is 10.8. The average Bonchev–Trinajstić information content (AvgIpc) is 2.82. The Morgan fingerprint density at radius 1 is 1.53 bits per heavy atom. The summed E-state index contributed by atoms with van der Waals surface area (Å²) in [5.41, 5.74) is 6.47. The second kappa shape index (κ2) is 5.38. The van der Waals surface area contributed by atoms with E-state index in [0.29, 0.717) is 18.1 Å². The highest BCUT2D eigenvalue weighted by molar-refractivity contribution is 5.88. The second-order valence-electron chi connectivity index (χ2n) is 3.93. The molecule has 0 fully saturated rings. The fourth-order valence-corrected chi connectivity index (χ4v) is 1.56. The topological polar surface area (TPSA) is 95.1 Å². The maximum absolute atomic E-state index is 11.4. The first-order chi connectivity index (χ1) is 9.11. The zero-order chi connectivity index (χ0) is 13.8. The molecule has 0 aliphatic rings. The van der Waals surface area contributed by atoms with Crippen molar-refractivity contribution in [3.8, 4) is 0 Å². The number of carbonyl (C=O) groups excluding carboxylic acids is 1. The third kappa shape index (κ3) is 2.82. The van der Waals surface area contributed by atoms with Crippen LogP contribution in [0.25, 0.3) is 0 Å². The number of anilines is 2. The summed E-state index contributed by atoms with van der Waals surface area (Å²) < 4.78 is 6.50. The first-order valence-electron chi connectivity index (χ1n) is 5.66. The standard InChI is InChI=1S/C12H15N5O2/c1-17-6-5-14-10(17)7-15-11-8(13)3-4-9(16-11)12(18)19-2/h3-6H,7,13H2,1-2H3,(H,15,16). The summed E-state index contributed by atoms with van der Waals surface area (Å²) in [5, 5.41) is 3.05. The van der Waals surface area contributed by atoms with Gasteiger partial charge in [0, 0.05) is 19.4 Å². The van der Waals surface area contributed by atoms with E-state index in [9.17, 15) is 4.79 Å². The lowest BCUT2D eigenvalue weighted by atomic mass is 10.3. The molecular weight excluding hydrogens is 246 g/mol. The molecular formula is C12H15N5O2. The molecule has 100 valence electrons. The number of nitrogen functional groups attached to an aromatic ring is 1. The van der Waals surface area contributed by atoms with Crippen molar-refractivity contribution in [2.75, 3.05) is 18.2 Å². The van der Waals surface area contributed by atoms with E-state index >= 15 is 0 Å². The Bertz CT molecular complexity index is 594. The van der Waals surface area contributed by atoms with E-state index < -0.39 is 5.97 Å². The Morgan fingerprint density at radius 2 is 2.32 bits per heavy atom. The molecule has 0 radical (unpaired) electrons. The van der Waals surface area contributed by atoms with Crippen LogP contribution in [0.15, 0.2) is 24.5 Å². The largest absolute Gasteiger partial charge is 0.464 e. The predicted molar refractivity (Wildman–Crippen MR) is 70.5 cm³/mol. The minimum Gasteiger partial charge on any atom is -0.464 e. The number of nitrogens with two attached hydrogens (primary N) is 1. The average molecular weight is 261 g/mol. The Morgan fingerprint density at radius 3 is 2.95 bits per heavy atom. The van der Waals surface area contributed by atoms with Gasteiger partial charge in [0.05, 0.1) is 19.3 Å². The summed E-state index contributed by atoms with van der Waals surface area (Å²) >= 11 is 0. The number of nitrogens with zero attached hydrogens (tertiary/aromatic N) is 3. The highest BCUT2D eigenvalue weighted by atomic mass is 16.5. The molecule has 2 aromatic rings. The van der Waals surface area contributed by atoms with Gasteiger partial charge in [0.1, 0.15) is 5.82 Å².